The van der Waals surface area contributed by atoms with E-state index in [-0.39, 0.29) is 0 Å². The zero-order chi connectivity index (χ0) is 12.9. The number of nitrogens with one attached hydrogen (secondary N) is 2. The zero-order valence-electron chi connectivity index (χ0n) is 10.8. The van der Waals surface area contributed by atoms with Crippen LogP contribution in [0.25, 0.3) is 0 Å². The molecule has 0 unspecified atom stereocenters. The van der Waals surface area contributed by atoms with Gasteiger partial charge in [-0.15, -0.1) is 0 Å². The number of rotatable bonds is 6. The van der Waals surface area contributed by atoms with Crippen molar-refractivity contribution < 1.29 is 8.42 Å². The summed E-state index contributed by atoms with van der Waals surface area (Å²) >= 11 is 0. The second-order valence-electron chi connectivity index (χ2n) is 5.17. The molecule has 4 N–H and O–H groups in total. The van der Waals surface area contributed by atoms with Gasteiger partial charge in [0, 0.05) is 18.6 Å². The molecule has 0 bridgehead atoms. The topological polar surface area (TPSA) is 84.2 Å². The molecule has 1 rings (SSSR count). The van der Waals surface area contributed by atoms with Crippen LogP contribution in [0.4, 0.5) is 0 Å². The quantitative estimate of drug-likeness (QED) is 0.660. The summed E-state index contributed by atoms with van der Waals surface area (Å²) in [5, 5.41) is 0. The van der Waals surface area contributed by atoms with E-state index >= 15 is 0 Å². The fraction of sp³-hybridized carbons (Fsp3) is 1.00. The molecule has 0 aromatic carbocycles. The Labute approximate surface area is 105 Å². The van der Waals surface area contributed by atoms with Crippen molar-refractivity contribution in [3.8, 4) is 0 Å². The van der Waals surface area contributed by atoms with Crippen LogP contribution in [0.3, 0.4) is 0 Å². The van der Waals surface area contributed by atoms with E-state index in [0.717, 1.165) is 32.1 Å². The SMILES string of the molecule is CCCNS(=O)(=O)NC1(CN)CCC(C)CC1. The smallest absolute Gasteiger partial charge is 0.277 e. The lowest BCUT2D eigenvalue weighted by Gasteiger charge is -2.38. The summed E-state index contributed by atoms with van der Waals surface area (Å²) in [6, 6.07) is 0. The summed E-state index contributed by atoms with van der Waals surface area (Å²) in [5.41, 5.74) is 5.33. The Morgan fingerprint density at radius 2 is 1.94 bits per heavy atom. The molecule has 1 saturated carbocycles. The molecule has 0 aromatic heterocycles. The van der Waals surface area contributed by atoms with Crippen molar-refractivity contribution in [1.82, 2.24) is 9.44 Å². The van der Waals surface area contributed by atoms with Gasteiger partial charge in [-0.2, -0.15) is 13.1 Å². The molecule has 0 heterocycles. The van der Waals surface area contributed by atoms with Crippen molar-refractivity contribution in [3.63, 3.8) is 0 Å². The minimum absolute atomic E-state index is 0.368. The van der Waals surface area contributed by atoms with Crippen LogP contribution in [0.1, 0.15) is 46.0 Å². The summed E-state index contributed by atoms with van der Waals surface area (Å²) in [6.07, 6.45) is 4.52. The van der Waals surface area contributed by atoms with Crippen molar-refractivity contribution >= 4 is 10.2 Å². The van der Waals surface area contributed by atoms with Gasteiger partial charge in [-0.25, -0.2) is 4.72 Å². The molecule has 0 aromatic rings. The Balaban J connectivity index is 2.62. The monoisotopic (exact) mass is 263 g/mol. The van der Waals surface area contributed by atoms with Crippen molar-refractivity contribution in [2.45, 2.75) is 51.5 Å². The Bertz CT molecular complexity index is 322. The van der Waals surface area contributed by atoms with Gasteiger partial charge in [0.25, 0.3) is 10.2 Å². The highest BCUT2D eigenvalue weighted by Crippen LogP contribution is 2.31. The first kappa shape index (κ1) is 14.9. The largest absolute Gasteiger partial charge is 0.329 e. The van der Waals surface area contributed by atoms with Crippen LogP contribution in [-0.2, 0) is 10.2 Å². The van der Waals surface area contributed by atoms with E-state index in [2.05, 4.69) is 16.4 Å². The van der Waals surface area contributed by atoms with Crippen molar-refractivity contribution in [2.24, 2.45) is 11.7 Å². The number of hydrogen-bond donors (Lipinski definition) is 3. The van der Waals surface area contributed by atoms with Crippen LogP contribution in [0.5, 0.6) is 0 Å². The molecule has 17 heavy (non-hydrogen) atoms. The van der Waals surface area contributed by atoms with Gasteiger partial charge in [-0.1, -0.05) is 13.8 Å². The van der Waals surface area contributed by atoms with Gasteiger partial charge in [-0.3, -0.25) is 0 Å². The lowest BCUT2D eigenvalue weighted by Crippen LogP contribution is -2.57. The molecule has 1 aliphatic rings. The third-order valence-corrected chi connectivity index (χ3v) is 4.80. The predicted molar refractivity (Wildman–Crippen MR) is 69.8 cm³/mol. The summed E-state index contributed by atoms with van der Waals surface area (Å²) in [7, 11) is -3.41. The van der Waals surface area contributed by atoms with Gasteiger partial charge in [0.2, 0.25) is 0 Å². The molecule has 0 saturated heterocycles. The van der Waals surface area contributed by atoms with Gasteiger partial charge >= 0.3 is 0 Å². The fourth-order valence-corrected chi connectivity index (χ4v) is 3.62. The minimum Gasteiger partial charge on any atom is -0.329 e. The normalized spacial score (nSPS) is 30.4. The Morgan fingerprint density at radius 1 is 1.35 bits per heavy atom. The molecule has 0 amide bonds. The van der Waals surface area contributed by atoms with Crippen LogP contribution in [-0.4, -0.2) is 27.0 Å². The summed E-state index contributed by atoms with van der Waals surface area (Å²) < 4.78 is 28.9. The third-order valence-electron chi connectivity index (χ3n) is 3.52. The van der Waals surface area contributed by atoms with Crippen LogP contribution in [0, 0.1) is 5.92 Å². The minimum atomic E-state index is -3.41. The van der Waals surface area contributed by atoms with Gasteiger partial charge in [0.05, 0.1) is 0 Å². The molecule has 1 aliphatic carbocycles. The van der Waals surface area contributed by atoms with Crippen LogP contribution in [0.2, 0.25) is 0 Å². The highest BCUT2D eigenvalue weighted by molar-refractivity contribution is 7.87. The lowest BCUT2D eigenvalue weighted by atomic mass is 9.78. The molecule has 0 atom stereocenters. The first-order chi connectivity index (χ1) is 7.93. The van der Waals surface area contributed by atoms with E-state index in [1.807, 2.05) is 6.92 Å². The maximum absolute atomic E-state index is 11.8. The van der Waals surface area contributed by atoms with Crippen LogP contribution < -0.4 is 15.2 Å². The molecule has 1 fully saturated rings. The highest BCUT2D eigenvalue weighted by atomic mass is 32.2. The lowest BCUT2D eigenvalue weighted by molar-refractivity contribution is 0.230. The standard InChI is InChI=1S/C11H25N3O2S/c1-3-8-13-17(15,16)14-11(9-12)6-4-10(2)5-7-11/h10,13-14H,3-9,12H2,1-2H3. The number of nitrogens with two attached hydrogens (primary N) is 1. The molecule has 102 valence electrons. The zero-order valence-corrected chi connectivity index (χ0v) is 11.6. The molecular weight excluding hydrogens is 238 g/mol. The van der Waals surface area contributed by atoms with Gasteiger partial charge in [0.1, 0.15) is 0 Å². The average Bonchev–Trinajstić information content (AvgIpc) is 2.30. The summed E-state index contributed by atoms with van der Waals surface area (Å²) in [6.45, 7) is 4.97. The summed E-state index contributed by atoms with van der Waals surface area (Å²) in [5.74, 6) is 0.669. The van der Waals surface area contributed by atoms with Gasteiger partial charge in [-0.05, 0) is 38.0 Å². The Morgan fingerprint density at radius 3 is 2.41 bits per heavy atom. The first-order valence-electron chi connectivity index (χ1n) is 6.41. The van der Waals surface area contributed by atoms with E-state index < -0.39 is 15.7 Å². The second kappa shape index (κ2) is 6.13. The van der Waals surface area contributed by atoms with Crippen molar-refractivity contribution in [2.75, 3.05) is 13.1 Å². The Kier molecular flexibility index (Phi) is 5.37. The maximum Gasteiger partial charge on any atom is 0.277 e. The van der Waals surface area contributed by atoms with Crippen molar-refractivity contribution in [3.05, 3.63) is 0 Å². The molecular formula is C11H25N3O2S. The summed E-state index contributed by atoms with van der Waals surface area (Å²) in [4.78, 5) is 0. The van der Waals surface area contributed by atoms with Gasteiger partial charge < -0.3 is 5.73 Å². The Hall–Kier alpha value is -0.170. The maximum atomic E-state index is 11.8. The van der Waals surface area contributed by atoms with E-state index in [4.69, 9.17) is 5.73 Å². The van der Waals surface area contributed by atoms with E-state index in [9.17, 15) is 8.42 Å². The third kappa shape index (κ3) is 4.54. The molecule has 0 spiro atoms. The first-order valence-corrected chi connectivity index (χ1v) is 7.90. The molecule has 0 aliphatic heterocycles. The van der Waals surface area contributed by atoms with E-state index in [0.29, 0.717) is 19.0 Å². The molecule has 5 nitrogen and oxygen atoms in total. The number of hydrogen-bond acceptors (Lipinski definition) is 3. The van der Waals surface area contributed by atoms with E-state index in [1.54, 1.807) is 0 Å². The van der Waals surface area contributed by atoms with E-state index in [1.165, 1.54) is 0 Å². The van der Waals surface area contributed by atoms with Crippen LogP contribution >= 0.6 is 0 Å². The second-order valence-corrected chi connectivity index (χ2v) is 6.67. The van der Waals surface area contributed by atoms with Crippen LogP contribution in [0.15, 0.2) is 0 Å². The highest BCUT2D eigenvalue weighted by Gasteiger charge is 2.36. The fourth-order valence-electron chi connectivity index (χ4n) is 2.22. The predicted octanol–water partition coefficient (Wildman–Crippen LogP) is 0.728. The molecule has 0 radical (unpaired) electrons. The average molecular weight is 263 g/mol. The molecule has 6 heteroatoms. The van der Waals surface area contributed by atoms with Crippen molar-refractivity contribution in [1.29, 1.82) is 0 Å². The van der Waals surface area contributed by atoms with Gasteiger partial charge in [0.15, 0.2) is 0 Å².